The summed E-state index contributed by atoms with van der Waals surface area (Å²) in [6.45, 7) is 2.12. The van der Waals surface area contributed by atoms with Gasteiger partial charge in [-0.3, -0.25) is 5.32 Å². The summed E-state index contributed by atoms with van der Waals surface area (Å²) in [5, 5.41) is 15.0. The van der Waals surface area contributed by atoms with E-state index in [2.05, 4.69) is 5.32 Å². The van der Waals surface area contributed by atoms with Gasteiger partial charge in [0.05, 0.1) is 0 Å². The van der Waals surface area contributed by atoms with Gasteiger partial charge in [0, 0.05) is 22.0 Å². The maximum absolute atomic E-state index is 11.6. The predicted molar refractivity (Wildman–Crippen MR) is 77.6 cm³/mol. The molecule has 1 atom stereocenters. The molecule has 0 fully saturated rings. The monoisotopic (exact) mass is 295 g/mol. The van der Waals surface area contributed by atoms with Gasteiger partial charge in [-0.25, -0.2) is 4.79 Å². The van der Waals surface area contributed by atoms with Crippen LogP contribution in [0.2, 0.25) is 5.02 Å². The number of carboxylic acids is 1. The second-order valence-electron chi connectivity index (χ2n) is 4.34. The molecule has 0 aliphatic carbocycles. The van der Waals surface area contributed by atoms with Gasteiger partial charge >= 0.3 is 5.97 Å². The van der Waals surface area contributed by atoms with Crippen LogP contribution in [0.25, 0.3) is 0 Å². The highest BCUT2D eigenvalue weighted by Crippen LogP contribution is 2.28. The fraction of sp³-hybridized carbons (Fsp3) is 0.214. The summed E-state index contributed by atoms with van der Waals surface area (Å²) in [7, 11) is 0. The van der Waals surface area contributed by atoms with Crippen LogP contribution in [0.1, 0.15) is 17.4 Å². The number of nitrogens with one attached hydrogen (secondary N) is 1. The van der Waals surface area contributed by atoms with Gasteiger partial charge in [0.25, 0.3) is 0 Å². The summed E-state index contributed by atoms with van der Waals surface area (Å²) in [5.41, 5.74) is -0.636. The first-order chi connectivity index (χ1) is 9.04. The van der Waals surface area contributed by atoms with Crippen LogP contribution < -0.4 is 5.32 Å². The summed E-state index contributed by atoms with van der Waals surface area (Å²) < 4.78 is 0. The molecule has 5 heteroatoms. The molecule has 19 heavy (non-hydrogen) atoms. The van der Waals surface area contributed by atoms with E-state index < -0.39 is 11.5 Å². The number of aliphatic carboxylic acids is 1. The fourth-order valence-electron chi connectivity index (χ4n) is 1.83. The van der Waals surface area contributed by atoms with Crippen molar-refractivity contribution < 1.29 is 9.90 Å². The standard InChI is InChI=1S/C14H14ClNO2S/c1-14(13(17)18,11-6-2-3-7-12(11)15)16-9-10-5-4-8-19-10/h2-8,16H,9H2,1H3,(H,17,18). The van der Waals surface area contributed by atoms with E-state index in [1.165, 1.54) is 0 Å². The SMILES string of the molecule is CC(NCc1cccs1)(C(=O)O)c1ccccc1Cl. The first kappa shape index (κ1) is 14.1. The van der Waals surface area contributed by atoms with E-state index in [0.717, 1.165) is 4.88 Å². The van der Waals surface area contributed by atoms with Crippen LogP contribution in [0.15, 0.2) is 41.8 Å². The van der Waals surface area contributed by atoms with E-state index in [4.69, 9.17) is 11.6 Å². The van der Waals surface area contributed by atoms with Crippen molar-refractivity contribution in [1.29, 1.82) is 0 Å². The molecule has 0 saturated carbocycles. The predicted octanol–water partition coefficient (Wildman–Crippen LogP) is 3.49. The smallest absolute Gasteiger partial charge is 0.328 e. The molecule has 0 radical (unpaired) electrons. The van der Waals surface area contributed by atoms with Gasteiger partial charge in [-0.15, -0.1) is 11.3 Å². The molecule has 2 rings (SSSR count). The summed E-state index contributed by atoms with van der Waals surface area (Å²) in [5.74, 6) is -0.947. The molecule has 1 unspecified atom stereocenters. The van der Waals surface area contributed by atoms with Crippen molar-refractivity contribution in [2.45, 2.75) is 19.0 Å². The Kier molecular flexibility index (Phi) is 4.24. The normalized spacial score (nSPS) is 14.0. The zero-order valence-corrected chi connectivity index (χ0v) is 12.0. The van der Waals surface area contributed by atoms with E-state index in [1.807, 2.05) is 17.5 Å². The molecule has 0 saturated heterocycles. The third kappa shape index (κ3) is 2.97. The Hall–Kier alpha value is -1.36. The van der Waals surface area contributed by atoms with Crippen LogP contribution in [-0.2, 0) is 16.9 Å². The second-order valence-corrected chi connectivity index (χ2v) is 5.78. The van der Waals surface area contributed by atoms with Gasteiger partial charge in [-0.1, -0.05) is 35.9 Å². The average molecular weight is 296 g/mol. The van der Waals surface area contributed by atoms with Gasteiger partial charge in [0.15, 0.2) is 0 Å². The summed E-state index contributed by atoms with van der Waals surface area (Å²) in [6, 6.07) is 10.9. The van der Waals surface area contributed by atoms with E-state index in [9.17, 15) is 9.90 Å². The maximum Gasteiger partial charge on any atom is 0.328 e. The Bertz CT molecular complexity index is 571. The number of hydrogen-bond acceptors (Lipinski definition) is 3. The number of halogens is 1. The van der Waals surface area contributed by atoms with Crippen LogP contribution >= 0.6 is 22.9 Å². The molecule has 3 nitrogen and oxygen atoms in total. The van der Waals surface area contributed by atoms with Crippen molar-refractivity contribution in [1.82, 2.24) is 5.32 Å². The van der Waals surface area contributed by atoms with Crippen molar-refractivity contribution in [2.75, 3.05) is 0 Å². The van der Waals surface area contributed by atoms with Crippen LogP contribution in [0.3, 0.4) is 0 Å². The molecule has 0 aliphatic rings. The summed E-state index contributed by atoms with van der Waals surface area (Å²) >= 11 is 7.70. The van der Waals surface area contributed by atoms with Crippen LogP contribution in [0, 0.1) is 0 Å². The highest BCUT2D eigenvalue weighted by atomic mass is 35.5. The third-order valence-electron chi connectivity index (χ3n) is 3.04. The first-order valence-electron chi connectivity index (χ1n) is 5.80. The molecule has 1 aromatic carbocycles. The van der Waals surface area contributed by atoms with Crippen LogP contribution in [-0.4, -0.2) is 11.1 Å². The Balaban J connectivity index is 2.28. The van der Waals surface area contributed by atoms with Crippen LogP contribution in [0.5, 0.6) is 0 Å². The Morgan fingerprint density at radius 1 is 1.37 bits per heavy atom. The van der Waals surface area contributed by atoms with Crippen molar-refractivity contribution in [3.8, 4) is 0 Å². The number of carbonyl (C=O) groups is 1. The average Bonchev–Trinajstić information content (AvgIpc) is 2.89. The largest absolute Gasteiger partial charge is 0.480 e. The van der Waals surface area contributed by atoms with Gasteiger partial charge in [0.2, 0.25) is 0 Å². The molecule has 0 amide bonds. The molecular weight excluding hydrogens is 282 g/mol. The highest BCUT2D eigenvalue weighted by Gasteiger charge is 2.36. The molecule has 2 aromatic rings. The zero-order valence-electron chi connectivity index (χ0n) is 10.4. The Morgan fingerprint density at radius 2 is 2.11 bits per heavy atom. The zero-order chi connectivity index (χ0) is 13.9. The van der Waals surface area contributed by atoms with Crippen molar-refractivity contribution >= 4 is 28.9 Å². The molecule has 0 spiro atoms. The maximum atomic E-state index is 11.6. The number of benzene rings is 1. The Labute approximate surface area is 120 Å². The molecule has 0 bridgehead atoms. The number of rotatable bonds is 5. The van der Waals surface area contributed by atoms with Gasteiger partial charge in [-0.05, 0) is 24.4 Å². The quantitative estimate of drug-likeness (QED) is 0.888. The highest BCUT2D eigenvalue weighted by molar-refractivity contribution is 7.09. The van der Waals surface area contributed by atoms with Gasteiger partial charge < -0.3 is 5.11 Å². The summed E-state index contributed by atoms with van der Waals surface area (Å²) in [6.07, 6.45) is 0. The molecule has 1 aromatic heterocycles. The van der Waals surface area contributed by atoms with Crippen LogP contribution in [0.4, 0.5) is 0 Å². The van der Waals surface area contributed by atoms with Crippen molar-refractivity contribution in [3.05, 3.63) is 57.2 Å². The lowest BCUT2D eigenvalue weighted by Gasteiger charge is -2.27. The topological polar surface area (TPSA) is 49.3 Å². The van der Waals surface area contributed by atoms with E-state index in [1.54, 1.807) is 42.5 Å². The van der Waals surface area contributed by atoms with E-state index in [-0.39, 0.29) is 0 Å². The number of thiophene rings is 1. The lowest BCUT2D eigenvalue weighted by molar-refractivity contribution is -0.144. The fourth-order valence-corrected chi connectivity index (χ4v) is 2.80. The first-order valence-corrected chi connectivity index (χ1v) is 7.05. The van der Waals surface area contributed by atoms with Crippen molar-refractivity contribution in [3.63, 3.8) is 0 Å². The lowest BCUT2D eigenvalue weighted by atomic mass is 9.92. The van der Waals surface area contributed by atoms with E-state index in [0.29, 0.717) is 17.1 Å². The molecule has 100 valence electrons. The molecule has 1 heterocycles. The number of carboxylic acid groups (broad SMARTS) is 1. The van der Waals surface area contributed by atoms with Gasteiger partial charge in [-0.2, -0.15) is 0 Å². The summed E-state index contributed by atoms with van der Waals surface area (Å²) in [4.78, 5) is 12.7. The minimum Gasteiger partial charge on any atom is -0.480 e. The number of hydrogen-bond donors (Lipinski definition) is 2. The minimum atomic E-state index is -1.21. The van der Waals surface area contributed by atoms with Gasteiger partial charge in [0.1, 0.15) is 5.54 Å². The third-order valence-corrected chi connectivity index (χ3v) is 4.24. The van der Waals surface area contributed by atoms with Crippen molar-refractivity contribution in [2.24, 2.45) is 0 Å². The second kappa shape index (κ2) is 5.74. The molecule has 2 N–H and O–H groups in total. The van der Waals surface area contributed by atoms with E-state index >= 15 is 0 Å². The lowest BCUT2D eigenvalue weighted by Crippen LogP contribution is -2.46. The molecular formula is C14H14ClNO2S. The molecule has 0 aliphatic heterocycles. The Morgan fingerprint density at radius 3 is 2.68 bits per heavy atom. The minimum absolute atomic E-state index is 0.450.